The zero-order chi connectivity index (χ0) is 13.3. The monoisotopic (exact) mass is 250 g/mol. The van der Waals surface area contributed by atoms with E-state index in [1.165, 1.54) is 27.1 Å². The Kier molecular flexibility index (Phi) is 4.71. The topological polar surface area (TPSA) is 0 Å². The zero-order valence-corrected chi connectivity index (χ0v) is 13.4. The highest BCUT2D eigenvalue weighted by Gasteiger charge is 2.17. The Bertz CT molecular complexity index is 385. The normalized spacial score (nSPS) is 11.6. The second kappa shape index (κ2) is 5.48. The van der Waals surface area contributed by atoms with Gasteiger partial charge in [0.2, 0.25) is 0 Å². The number of benzene rings is 1. The first kappa shape index (κ1) is 14.6. The van der Waals surface area contributed by atoms with Gasteiger partial charge in [-0.3, -0.25) is 0 Å². The molecule has 1 aromatic rings. The second-order valence-corrected chi connectivity index (χ2v) is 7.15. The van der Waals surface area contributed by atoms with Gasteiger partial charge in [0.1, 0.15) is 0 Å². The predicted octanol–water partition coefficient (Wildman–Crippen LogP) is 5.54. The summed E-state index contributed by atoms with van der Waals surface area (Å²) in [6.45, 7) is 18.2. The molecule has 0 radical (unpaired) electrons. The van der Waals surface area contributed by atoms with Gasteiger partial charge in [-0.25, -0.2) is 0 Å². The van der Waals surface area contributed by atoms with Crippen LogP contribution in [-0.4, -0.2) is 5.25 Å². The molecule has 0 unspecified atom stereocenters. The van der Waals surface area contributed by atoms with Crippen LogP contribution in [0.1, 0.15) is 61.4 Å². The van der Waals surface area contributed by atoms with Gasteiger partial charge in [0.25, 0.3) is 0 Å². The van der Waals surface area contributed by atoms with Gasteiger partial charge in [0, 0.05) is 10.1 Å². The fraction of sp³-hybridized carbons (Fsp3) is 0.625. The van der Waals surface area contributed by atoms with E-state index in [9.17, 15) is 0 Å². The minimum absolute atomic E-state index is 0.616. The number of rotatable bonds is 3. The molecule has 0 spiro atoms. The lowest BCUT2D eigenvalue weighted by molar-refractivity contribution is 0.833. The van der Waals surface area contributed by atoms with Crippen LogP contribution in [0.4, 0.5) is 0 Å². The van der Waals surface area contributed by atoms with Crippen LogP contribution in [0, 0.1) is 27.7 Å². The van der Waals surface area contributed by atoms with Crippen LogP contribution in [0.5, 0.6) is 0 Å². The summed E-state index contributed by atoms with van der Waals surface area (Å²) in [5, 5.41) is 0.649. The number of thioether (sulfide) groups is 1. The lowest BCUT2D eigenvalue weighted by Crippen LogP contribution is -2.05. The molecule has 0 saturated carbocycles. The maximum atomic E-state index is 2.30. The first-order valence-corrected chi connectivity index (χ1v) is 7.42. The fourth-order valence-corrected chi connectivity index (χ4v) is 3.72. The third kappa shape index (κ3) is 2.88. The average molecular weight is 250 g/mol. The molecule has 96 valence electrons. The van der Waals surface area contributed by atoms with Crippen LogP contribution in [0.15, 0.2) is 4.90 Å². The van der Waals surface area contributed by atoms with Crippen molar-refractivity contribution in [1.29, 1.82) is 0 Å². The lowest BCUT2D eigenvalue weighted by atomic mass is 9.88. The predicted molar refractivity (Wildman–Crippen MR) is 80.5 cm³/mol. The third-order valence-corrected chi connectivity index (χ3v) is 4.86. The Morgan fingerprint density at radius 1 is 0.706 bits per heavy atom. The van der Waals surface area contributed by atoms with Crippen molar-refractivity contribution in [3.8, 4) is 0 Å². The van der Waals surface area contributed by atoms with Gasteiger partial charge in [-0.1, -0.05) is 27.7 Å². The van der Waals surface area contributed by atoms with Gasteiger partial charge in [-0.2, -0.15) is 0 Å². The van der Waals surface area contributed by atoms with Crippen molar-refractivity contribution < 1.29 is 0 Å². The van der Waals surface area contributed by atoms with E-state index >= 15 is 0 Å². The SMILES string of the molecule is Cc1c(C)c(C(C)C)c(C)c(C)c1SC(C)C. The fourth-order valence-electron chi connectivity index (χ4n) is 2.59. The lowest BCUT2D eigenvalue weighted by Gasteiger charge is -2.23. The summed E-state index contributed by atoms with van der Waals surface area (Å²) in [6, 6.07) is 0. The molecular weight excluding hydrogens is 224 g/mol. The third-order valence-electron chi connectivity index (χ3n) is 3.55. The molecule has 0 bridgehead atoms. The van der Waals surface area contributed by atoms with Crippen LogP contribution in [0.25, 0.3) is 0 Å². The Morgan fingerprint density at radius 3 is 1.41 bits per heavy atom. The van der Waals surface area contributed by atoms with Crippen LogP contribution in [0.3, 0.4) is 0 Å². The number of hydrogen-bond donors (Lipinski definition) is 0. The van der Waals surface area contributed by atoms with Crippen LogP contribution >= 0.6 is 11.8 Å². The molecule has 0 heterocycles. The van der Waals surface area contributed by atoms with E-state index in [4.69, 9.17) is 0 Å². The maximum absolute atomic E-state index is 2.30. The summed E-state index contributed by atoms with van der Waals surface area (Å²) in [5.41, 5.74) is 7.50. The molecule has 0 fully saturated rings. The first-order chi connectivity index (χ1) is 7.77. The Morgan fingerprint density at radius 2 is 1.12 bits per heavy atom. The molecule has 17 heavy (non-hydrogen) atoms. The molecule has 1 rings (SSSR count). The highest BCUT2D eigenvalue weighted by Crippen LogP contribution is 2.37. The average Bonchev–Trinajstić information content (AvgIpc) is 2.21. The summed E-state index contributed by atoms with van der Waals surface area (Å²) in [6.07, 6.45) is 0. The minimum Gasteiger partial charge on any atom is -0.123 e. The van der Waals surface area contributed by atoms with Crippen molar-refractivity contribution in [3.63, 3.8) is 0 Å². The molecule has 0 saturated heterocycles. The first-order valence-electron chi connectivity index (χ1n) is 6.54. The van der Waals surface area contributed by atoms with Crippen molar-refractivity contribution in [3.05, 3.63) is 27.8 Å². The summed E-state index contributed by atoms with van der Waals surface area (Å²) >= 11 is 2.00. The highest BCUT2D eigenvalue weighted by molar-refractivity contribution is 8.00. The van der Waals surface area contributed by atoms with E-state index in [0.717, 1.165) is 0 Å². The van der Waals surface area contributed by atoms with Crippen molar-refractivity contribution in [2.75, 3.05) is 0 Å². The van der Waals surface area contributed by atoms with Gasteiger partial charge < -0.3 is 0 Å². The molecule has 0 amide bonds. The van der Waals surface area contributed by atoms with Gasteiger partial charge in [0.15, 0.2) is 0 Å². The van der Waals surface area contributed by atoms with Gasteiger partial charge in [-0.05, 0) is 61.4 Å². The summed E-state index contributed by atoms with van der Waals surface area (Å²) in [4.78, 5) is 1.50. The van der Waals surface area contributed by atoms with Crippen LogP contribution in [0.2, 0.25) is 0 Å². The Balaban J connectivity index is 3.47. The van der Waals surface area contributed by atoms with Crippen molar-refractivity contribution >= 4 is 11.8 Å². The maximum Gasteiger partial charge on any atom is 0.0138 e. The van der Waals surface area contributed by atoms with Gasteiger partial charge in [0.05, 0.1) is 0 Å². The highest BCUT2D eigenvalue weighted by atomic mass is 32.2. The van der Waals surface area contributed by atoms with Crippen LogP contribution in [-0.2, 0) is 0 Å². The smallest absolute Gasteiger partial charge is 0.0138 e. The van der Waals surface area contributed by atoms with E-state index in [2.05, 4.69) is 55.4 Å². The largest absolute Gasteiger partial charge is 0.123 e. The molecule has 1 heteroatoms. The van der Waals surface area contributed by atoms with E-state index in [0.29, 0.717) is 11.2 Å². The second-order valence-electron chi connectivity index (χ2n) is 5.56. The molecule has 0 aliphatic carbocycles. The van der Waals surface area contributed by atoms with E-state index < -0.39 is 0 Å². The summed E-state index contributed by atoms with van der Waals surface area (Å²) < 4.78 is 0. The van der Waals surface area contributed by atoms with Crippen molar-refractivity contribution in [2.24, 2.45) is 0 Å². The van der Waals surface area contributed by atoms with Gasteiger partial charge in [-0.15, -0.1) is 11.8 Å². The quantitative estimate of drug-likeness (QED) is 0.634. The molecule has 0 aliphatic heterocycles. The number of hydrogen-bond acceptors (Lipinski definition) is 1. The van der Waals surface area contributed by atoms with E-state index in [-0.39, 0.29) is 0 Å². The van der Waals surface area contributed by atoms with Crippen LogP contribution < -0.4 is 0 Å². The molecule has 0 aromatic heterocycles. The Hall–Kier alpha value is -0.430. The standard InChI is InChI=1S/C16H26S/c1-9(2)15-11(5)13(7)16(17-10(3)4)14(8)12(15)6/h9-10H,1-8H3. The molecule has 0 atom stereocenters. The molecule has 0 N–H and O–H groups in total. The molecular formula is C16H26S. The summed E-state index contributed by atoms with van der Waals surface area (Å²) in [5.74, 6) is 0.616. The minimum atomic E-state index is 0.616. The molecule has 1 aromatic carbocycles. The zero-order valence-electron chi connectivity index (χ0n) is 12.6. The van der Waals surface area contributed by atoms with E-state index in [1.807, 2.05) is 11.8 Å². The van der Waals surface area contributed by atoms with Gasteiger partial charge >= 0.3 is 0 Å². The molecule has 0 aliphatic rings. The summed E-state index contributed by atoms with van der Waals surface area (Å²) in [7, 11) is 0. The molecule has 0 nitrogen and oxygen atoms in total. The van der Waals surface area contributed by atoms with E-state index in [1.54, 1.807) is 5.56 Å². The van der Waals surface area contributed by atoms with Crippen molar-refractivity contribution in [2.45, 2.75) is 71.5 Å². The van der Waals surface area contributed by atoms with Crippen molar-refractivity contribution in [1.82, 2.24) is 0 Å². The Labute approximate surface area is 111 Å².